The monoisotopic (exact) mass is 324 g/mol. The van der Waals surface area contributed by atoms with Gasteiger partial charge in [-0.05, 0) is 29.7 Å². The predicted molar refractivity (Wildman–Crippen MR) is 90.2 cm³/mol. The first kappa shape index (κ1) is 15.7. The molecule has 0 radical (unpaired) electrons. The molecule has 0 saturated heterocycles. The van der Waals surface area contributed by atoms with Gasteiger partial charge in [0.2, 0.25) is 0 Å². The van der Waals surface area contributed by atoms with Crippen LogP contribution in [0.25, 0.3) is 11.5 Å². The smallest absolute Gasteiger partial charge is 0.320 e. The molecular weight excluding hydrogens is 308 g/mol. The number of para-hydroxylation sites is 1. The average Bonchev–Trinajstić information content (AvgIpc) is 3.03. The Bertz CT molecular complexity index is 856. The topological polar surface area (TPSA) is 94.1 Å². The lowest BCUT2D eigenvalue weighted by Crippen LogP contribution is -1.92. The van der Waals surface area contributed by atoms with Crippen LogP contribution in [0.4, 0.5) is 17.4 Å². The molecule has 0 bridgehead atoms. The summed E-state index contributed by atoms with van der Waals surface area (Å²) in [6, 6.07) is 14.3. The minimum absolute atomic E-state index is 0.0750. The van der Waals surface area contributed by atoms with Crippen LogP contribution in [0.1, 0.15) is 25.3 Å². The second-order valence-corrected chi connectivity index (χ2v) is 5.59. The number of benzene rings is 2. The minimum Gasteiger partial charge on any atom is -0.403 e. The number of nitrogens with one attached hydrogen (secondary N) is 1. The number of rotatable bonds is 5. The van der Waals surface area contributed by atoms with Crippen LogP contribution < -0.4 is 5.32 Å². The Morgan fingerprint density at radius 1 is 1.08 bits per heavy atom. The van der Waals surface area contributed by atoms with Crippen molar-refractivity contribution >= 4 is 17.4 Å². The van der Waals surface area contributed by atoms with Crippen molar-refractivity contribution in [2.45, 2.75) is 19.8 Å². The van der Waals surface area contributed by atoms with Crippen molar-refractivity contribution in [2.24, 2.45) is 0 Å². The molecule has 0 fully saturated rings. The number of nitro benzene ring substituents is 1. The minimum atomic E-state index is -0.475. The standard InChI is InChI=1S/C17H16N4O3/c1-11(2)12-7-9-13(10-8-12)18-17-20-19-16(24-17)14-5-3-4-6-15(14)21(22)23/h3-11H,1-2H3,(H,18,20). The highest BCUT2D eigenvalue weighted by Crippen LogP contribution is 2.30. The Labute approximate surface area is 138 Å². The molecular formula is C17H16N4O3. The molecule has 0 spiro atoms. The van der Waals surface area contributed by atoms with E-state index in [2.05, 4.69) is 29.4 Å². The van der Waals surface area contributed by atoms with Gasteiger partial charge in [0, 0.05) is 11.8 Å². The largest absolute Gasteiger partial charge is 0.403 e. The highest BCUT2D eigenvalue weighted by atomic mass is 16.6. The average molecular weight is 324 g/mol. The van der Waals surface area contributed by atoms with Gasteiger partial charge in [-0.25, -0.2) is 0 Å². The molecule has 122 valence electrons. The van der Waals surface area contributed by atoms with E-state index >= 15 is 0 Å². The fourth-order valence-corrected chi connectivity index (χ4v) is 2.27. The quantitative estimate of drug-likeness (QED) is 0.548. The summed E-state index contributed by atoms with van der Waals surface area (Å²) < 4.78 is 5.50. The molecule has 0 atom stereocenters. The molecule has 3 rings (SSSR count). The van der Waals surface area contributed by atoms with E-state index in [1.807, 2.05) is 24.3 Å². The predicted octanol–water partition coefficient (Wildman–Crippen LogP) is 4.51. The number of aromatic nitrogens is 2. The van der Waals surface area contributed by atoms with E-state index in [4.69, 9.17) is 4.42 Å². The molecule has 0 aliphatic carbocycles. The van der Waals surface area contributed by atoms with Crippen LogP contribution in [0.15, 0.2) is 52.9 Å². The highest BCUT2D eigenvalue weighted by Gasteiger charge is 2.19. The van der Waals surface area contributed by atoms with Crippen molar-refractivity contribution in [3.63, 3.8) is 0 Å². The lowest BCUT2D eigenvalue weighted by molar-refractivity contribution is -0.384. The Morgan fingerprint density at radius 3 is 2.46 bits per heavy atom. The summed E-state index contributed by atoms with van der Waals surface area (Å²) >= 11 is 0. The molecule has 0 aliphatic heterocycles. The van der Waals surface area contributed by atoms with Crippen LogP contribution in [-0.2, 0) is 0 Å². The van der Waals surface area contributed by atoms with Crippen LogP contribution in [0.2, 0.25) is 0 Å². The summed E-state index contributed by atoms with van der Waals surface area (Å²) in [5, 5.41) is 21.9. The Hall–Kier alpha value is -3.22. The summed E-state index contributed by atoms with van der Waals surface area (Å²) in [7, 11) is 0. The zero-order chi connectivity index (χ0) is 17.1. The van der Waals surface area contributed by atoms with E-state index in [-0.39, 0.29) is 17.6 Å². The second-order valence-electron chi connectivity index (χ2n) is 5.59. The third-order valence-corrected chi connectivity index (χ3v) is 3.58. The zero-order valence-corrected chi connectivity index (χ0v) is 13.3. The lowest BCUT2D eigenvalue weighted by atomic mass is 10.0. The number of hydrogen-bond donors (Lipinski definition) is 1. The number of anilines is 2. The molecule has 1 heterocycles. The highest BCUT2D eigenvalue weighted by molar-refractivity contribution is 5.67. The molecule has 0 aliphatic rings. The van der Waals surface area contributed by atoms with Gasteiger partial charge in [0.25, 0.3) is 11.6 Å². The molecule has 7 nitrogen and oxygen atoms in total. The number of hydrogen-bond acceptors (Lipinski definition) is 6. The van der Waals surface area contributed by atoms with Crippen molar-refractivity contribution in [3.8, 4) is 11.5 Å². The van der Waals surface area contributed by atoms with Crippen LogP contribution in [-0.4, -0.2) is 15.1 Å². The van der Waals surface area contributed by atoms with Crippen LogP contribution >= 0.6 is 0 Å². The van der Waals surface area contributed by atoms with Crippen LogP contribution in [0.3, 0.4) is 0 Å². The normalized spacial score (nSPS) is 10.8. The van der Waals surface area contributed by atoms with Crippen LogP contribution in [0.5, 0.6) is 0 Å². The third-order valence-electron chi connectivity index (χ3n) is 3.58. The fourth-order valence-electron chi connectivity index (χ4n) is 2.27. The van der Waals surface area contributed by atoms with Gasteiger partial charge in [-0.1, -0.05) is 43.2 Å². The molecule has 24 heavy (non-hydrogen) atoms. The number of nitrogens with zero attached hydrogens (tertiary/aromatic N) is 3. The van der Waals surface area contributed by atoms with Gasteiger partial charge in [-0.3, -0.25) is 10.1 Å². The Morgan fingerprint density at radius 2 is 1.79 bits per heavy atom. The van der Waals surface area contributed by atoms with Gasteiger partial charge >= 0.3 is 6.01 Å². The summed E-state index contributed by atoms with van der Waals surface area (Å²) in [4.78, 5) is 10.6. The first-order valence-electron chi connectivity index (χ1n) is 7.49. The summed E-state index contributed by atoms with van der Waals surface area (Å²) in [5.74, 6) is 0.552. The first-order valence-corrected chi connectivity index (χ1v) is 7.49. The van der Waals surface area contributed by atoms with Crippen molar-refractivity contribution in [1.82, 2.24) is 10.2 Å². The molecule has 0 amide bonds. The maximum atomic E-state index is 11.1. The van der Waals surface area contributed by atoms with Gasteiger partial charge < -0.3 is 9.73 Å². The van der Waals surface area contributed by atoms with E-state index in [1.54, 1.807) is 18.2 Å². The van der Waals surface area contributed by atoms with Crippen molar-refractivity contribution in [3.05, 3.63) is 64.2 Å². The lowest BCUT2D eigenvalue weighted by Gasteiger charge is -2.06. The summed E-state index contributed by atoms with van der Waals surface area (Å²) in [6.07, 6.45) is 0. The molecule has 3 aromatic rings. The first-order chi connectivity index (χ1) is 11.5. The second kappa shape index (κ2) is 6.49. The molecule has 7 heteroatoms. The van der Waals surface area contributed by atoms with E-state index < -0.39 is 4.92 Å². The molecule has 0 unspecified atom stereocenters. The molecule has 2 aromatic carbocycles. The maximum absolute atomic E-state index is 11.1. The van der Waals surface area contributed by atoms with Gasteiger partial charge in [-0.15, -0.1) is 5.10 Å². The Balaban J connectivity index is 1.82. The molecule has 1 N–H and O–H groups in total. The molecule has 1 aromatic heterocycles. The van der Waals surface area contributed by atoms with Gasteiger partial charge in [0.1, 0.15) is 5.56 Å². The number of nitro groups is 1. The summed E-state index contributed by atoms with van der Waals surface area (Å²) in [6.45, 7) is 4.25. The zero-order valence-electron chi connectivity index (χ0n) is 13.3. The van der Waals surface area contributed by atoms with Crippen molar-refractivity contribution in [1.29, 1.82) is 0 Å². The van der Waals surface area contributed by atoms with E-state index in [0.29, 0.717) is 11.5 Å². The van der Waals surface area contributed by atoms with Crippen LogP contribution in [0, 0.1) is 10.1 Å². The third kappa shape index (κ3) is 3.24. The van der Waals surface area contributed by atoms with Crippen molar-refractivity contribution < 1.29 is 9.34 Å². The van der Waals surface area contributed by atoms with E-state index in [0.717, 1.165) is 5.69 Å². The maximum Gasteiger partial charge on any atom is 0.320 e. The van der Waals surface area contributed by atoms with E-state index in [9.17, 15) is 10.1 Å². The Kier molecular flexibility index (Phi) is 4.24. The van der Waals surface area contributed by atoms with Gasteiger partial charge in [-0.2, -0.15) is 0 Å². The van der Waals surface area contributed by atoms with Crippen molar-refractivity contribution in [2.75, 3.05) is 5.32 Å². The molecule has 0 saturated carbocycles. The van der Waals surface area contributed by atoms with Gasteiger partial charge in [0.15, 0.2) is 0 Å². The fraction of sp³-hybridized carbons (Fsp3) is 0.176. The van der Waals surface area contributed by atoms with Gasteiger partial charge in [0.05, 0.1) is 4.92 Å². The van der Waals surface area contributed by atoms with E-state index in [1.165, 1.54) is 11.6 Å². The SMILES string of the molecule is CC(C)c1ccc(Nc2nnc(-c3ccccc3[N+](=O)[O-])o2)cc1. The summed E-state index contributed by atoms with van der Waals surface area (Å²) in [5.41, 5.74) is 2.25.